The summed E-state index contributed by atoms with van der Waals surface area (Å²) in [4.78, 5) is 14.3. The van der Waals surface area contributed by atoms with E-state index in [-0.39, 0.29) is 12.5 Å². The van der Waals surface area contributed by atoms with Crippen molar-refractivity contribution in [3.8, 4) is 11.5 Å². The molecule has 1 saturated heterocycles. The lowest BCUT2D eigenvalue weighted by Crippen LogP contribution is -2.29. The van der Waals surface area contributed by atoms with Crippen LogP contribution in [0.4, 0.5) is 5.69 Å². The van der Waals surface area contributed by atoms with Gasteiger partial charge in [0.25, 0.3) is 5.91 Å². The van der Waals surface area contributed by atoms with E-state index < -0.39 is 0 Å². The maximum absolute atomic E-state index is 11.9. The molecule has 7 heteroatoms. The number of piperidine rings is 1. The number of anilines is 1. The number of halogens is 1. The van der Waals surface area contributed by atoms with Gasteiger partial charge in [0.05, 0.1) is 13.3 Å². The number of rotatable bonds is 7. The highest BCUT2D eigenvalue weighted by Gasteiger charge is 2.13. The van der Waals surface area contributed by atoms with Gasteiger partial charge in [-0.05, 0) is 49.6 Å². The Bertz CT molecular complexity index is 835. The van der Waals surface area contributed by atoms with Crippen LogP contribution in [0.25, 0.3) is 0 Å². The van der Waals surface area contributed by atoms with E-state index in [0.717, 1.165) is 34.6 Å². The highest BCUT2D eigenvalue weighted by Crippen LogP contribution is 2.26. The minimum atomic E-state index is -0.333. The third-order valence-electron chi connectivity index (χ3n) is 4.50. The zero-order valence-corrected chi connectivity index (χ0v) is 17.4. The van der Waals surface area contributed by atoms with Gasteiger partial charge in [-0.25, -0.2) is 5.43 Å². The minimum absolute atomic E-state index is 0.112. The summed E-state index contributed by atoms with van der Waals surface area (Å²) >= 11 is 3.36. The van der Waals surface area contributed by atoms with E-state index in [9.17, 15) is 4.79 Å². The summed E-state index contributed by atoms with van der Waals surface area (Å²) < 4.78 is 11.8. The van der Waals surface area contributed by atoms with Gasteiger partial charge in [-0.3, -0.25) is 4.79 Å². The predicted octanol–water partition coefficient (Wildman–Crippen LogP) is 3.98. The normalized spacial score (nSPS) is 14.1. The molecular weight excluding hydrogens is 422 g/mol. The van der Waals surface area contributed by atoms with E-state index in [2.05, 4.69) is 37.4 Å². The van der Waals surface area contributed by atoms with Crippen molar-refractivity contribution < 1.29 is 14.3 Å². The van der Waals surface area contributed by atoms with E-state index in [0.29, 0.717) is 5.75 Å². The van der Waals surface area contributed by atoms with Gasteiger partial charge in [0.2, 0.25) is 0 Å². The van der Waals surface area contributed by atoms with Crippen molar-refractivity contribution in [1.82, 2.24) is 5.43 Å². The van der Waals surface area contributed by atoms with Gasteiger partial charge in [0.15, 0.2) is 6.61 Å². The minimum Gasteiger partial charge on any atom is -0.496 e. The number of ether oxygens (including phenoxy) is 2. The Balaban J connectivity index is 1.54. The lowest BCUT2D eigenvalue weighted by Gasteiger charge is -2.29. The number of carbonyl (C=O) groups excluding carboxylic acids is 1. The fraction of sp³-hybridized carbons (Fsp3) is 0.333. The Kier molecular flexibility index (Phi) is 7.31. The molecule has 148 valence electrons. The second-order valence-electron chi connectivity index (χ2n) is 6.51. The number of benzene rings is 2. The molecule has 0 bridgehead atoms. The molecule has 0 aliphatic carbocycles. The van der Waals surface area contributed by atoms with Gasteiger partial charge in [-0.1, -0.05) is 22.0 Å². The zero-order valence-electron chi connectivity index (χ0n) is 15.9. The van der Waals surface area contributed by atoms with Crippen molar-refractivity contribution in [1.29, 1.82) is 0 Å². The summed E-state index contributed by atoms with van der Waals surface area (Å²) in [7, 11) is 1.64. The molecule has 0 spiro atoms. The maximum atomic E-state index is 11.9. The molecule has 2 aromatic rings. The molecule has 0 aromatic heterocycles. The van der Waals surface area contributed by atoms with Crippen LogP contribution < -0.4 is 19.8 Å². The monoisotopic (exact) mass is 445 g/mol. The quantitative estimate of drug-likeness (QED) is 0.517. The standard InChI is InChI=1S/C21H24BrN3O3/c1-27-20-13-18(25-10-3-2-4-11-25)9-8-16(20)14-23-24-21(26)15-28-19-7-5-6-17(22)12-19/h5-9,12-14H,2-4,10-11,15H2,1H3,(H,24,26)/b23-14+. The Morgan fingerprint density at radius 1 is 1.21 bits per heavy atom. The summed E-state index contributed by atoms with van der Waals surface area (Å²) in [5.74, 6) is 1.01. The summed E-state index contributed by atoms with van der Waals surface area (Å²) in [6.07, 6.45) is 5.32. The number of hydrazone groups is 1. The van der Waals surface area contributed by atoms with Crippen LogP contribution in [0.5, 0.6) is 11.5 Å². The lowest BCUT2D eigenvalue weighted by molar-refractivity contribution is -0.123. The number of carbonyl (C=O) groups is 1. The van der Waals surface area contributed by atoms with Crippen molar-refractivity contribution in [2.24, 2.45) is 5.10 Å². The largest absolute Gasteiger partial charge is 0.496 e. The van der Waals surface area contributed by atoms with Crippen LogP contribution >= 0.6 is 15.9 Å². The Morgan fingerprint density at radius 2 is 2.04 bits per heavy atom. The van der Waals surface area contributed by atoms with E-state index in [1.165, 1.54) is 19.3 Å². The molecule has 6 nitrogen and oxygen atoms in total. The smallest absolute Gasteiger partial charge is 0.277 e. The van der Waals surface area contributed by atoms with Crippen LogP contribution in [0.2, 0.25) is 0 Å². The van der Waals surface area contributed by atoms with E-state index >= 15 is 0 Å². The SMILES string of the molecule is COc1cc(N2CCCCC2)ccc1/C=N/NC(=O)COc1cccc(Br)c1. The average Bonchev–Trinajstić information content (AvgIpc) is 2.73. The van der Waals surface area contributed by atoms with Crippen LogP contribution in [0.1, 0.15) is 24.8 Å². The third kappa shape index (κ3) is 5.73. The first kappa shape index (κ1) is 20.2. The molecule has 28 heavy (non-hydrogen) atoms. The van der Waals surface area contributed by atoms with Gasteiger partial charge in [-0.15, -0.1) is 0 Å². The summed E-state index contributed by atoms with van der Waals surface area (Å²) in [6, 6.07) is 13.4. The Labute approximate surface area is 173 Å². The number of hydrogen-bond donors (Lipinski definition) is 1. The lowest BCUT2D eigenvalue weighted by atomic mass is 10.1. The highest BCUT2D eigenvalue weighted by molar-refractivity contribution is 9.10. The second-order valence-corrected chi connectivity index (χ2v) is 7.43. The van der Waals surface area contributed by atoms with Crippen LogP contribution in [0.3, 0.4) is 0 Å². The van der Waals surface area contributed by atoms with Crippen LogP contribution in [0.15, 0.2) is 52.0 Å². The van der Waals surface area contributed by atoms with Gasteiger partial charge in [0, 0.05) is 34.9 Å². The maximum Gasteiger partial charge on any atom is 0.277 e. The molecule has 1 aliphatic heterocycles. The van der Waals surface area contributed by atoms with E-state index in [1.807, 2.05) is 24.3 Å². The van der Waals surface area contributed by atoms with E-state index in [4.69, 9.17) is 9.47 Å². The first-order valence-electron chi connectivity index (χ1n) is 9.29. The van der Waals surface area contributed by atoms with Gasteiger partial charge in [0.1, 0.15) is 11.5 Å². The van der Waals surface area contributed by atoms with Crippen molar-refractivity contribution in [3.63, 3.8) is 0 Å². The van der Waals surface area contributed by atoms with Crippen LogP contribution in [-0.2, 0) is 4.79 Å². The molecule has 0 saturated carbocycles. The first-order chi connectivity index (χ1) is 13.7. The molecule has 3 rings (SSSR count). The Morgan fingerprint density at radius 3 is 2.79 bits per heavy atom. The molecule has 1 N–H and O–H groups in total. The molecule has 1 aliphatic rings. The number of methoxy groups -OCH3 is 1. The van der Waals surface area contributed by atoms with Crippen molar-refractivity contribution in [2.45, 2.75) is 19.3 Å². The molecule has 1 amide bonds. The van der Waals surface area contributed by atoms with Crippen molar-refractivity contribution >= 4 is 33.7 Å². The van der Waals surface area contributed by atoms with Gasteiger partial charge >= 0.3 is 0 Å². The molecule has 0 radical (unpaired) electrons. The molecule has 0 atom stereocenters. The van der Waals surface area contributed by atoms with Crippen LogP contribution in [-0.4, -0.2) is 38.9 Å². The average molecular weight is 446 g/mol. The summed E-state index contributed by atoms with van der Waals surface area (Å²) in [5.41, 5.74) is 4.43. The fourth-order valence-electron chi connectivity index (χ4n) is 3.07. The zero-order chi connectivity index (χ0) is 19.8. The number of nitrogens with one attached hydrogen (secondary N) is 1. The molecular formula is C21H24BrN3O3. The second kappa shape index (κ2) is 10.1. The number of amides is 1. The highest BCUT2D eigenvalue weighted by atomic mass is 79.9. The van der Waals surface area contributed by atoms with Gasteiger partial charge < -0.3 is 14.4 Å². The molecule has 1 fully saturated rings. The number of nitrogens with zero attached hydrogens (tertiary/aromatic N) is 2. The topological polar surface area (TPSA) is 63.2 Å². The summed E-state index contributed by atoms with van der Waals surface area (Å²) in [6.45, 7) is 2.04. The van der Waals surface area contributed by atoms with E-state index in [1.54, 1.807) is 25.5 Å². The number of hydrogen-bond acceptors (Lipinski definition) is 5. The Hall–Kier alpha value is -2.54. The summed E-state index contributed by atoms with van der Waals surface area (Å²) in [5, 5.41) is 4.01. The molecule has 0 unspecified atom stereocenters. The third-order valence-corrected chi connectivity index (χ3v) is 4.99. The predicted molar refractivity (Wildman–Crippen MR) is 114 cm³/mol. The first-order valence-corrected chi connectivity index (χ1v) is 10.1. The van der Waals surface area contributed by atoms with Crippen molar-refractivity contribution in [2.75, 3.05) is 31.7 Å². The van der Waals surface area contributed by atoms with Gasteiger partial charge in [-0.2, -0.15) is 5.10 Å². The van der Waals surface area contributed by atoms with Crippen molar-refractivity contribution in [3.05, 3.63) is 52.5 Å². The molecule has 1 heterocycles. The fourth-order valence-corrected chi connectivity index (χ4v) is 3.45. The van der Waals surface area contributed by atoms with Crippen LogP contribution in [0, 0.1) is 0 Å². The molecule has 2 aromatic carbocycles.